The highest BCUT2D eigenvalue weighted by Gasteiger charge is 2.34. The van der Waals surface area contributed by atoms with E-state index in [2.05, 4.69) is 72.8 Å². The first kappa shape index (κ1) is 14.0. The van der Waals surface area contributed by atoms with Crippen LogP contribution in [0, 0.1) is 0 Å². The number of rotatable bonds is 4. The lowest BCUT2D eigenvalue weighted by atomic mass is 9.84. The van der Waals surface area contributed by atoms with Crippen molar-refractivity contribution in [1.82, 2.24) is 0 Å². The summed E-state index contributed by atoms with van der Waals surface area (Å²) in [6.45, 7) is 0. The summed E-state index contributed by atoms with van der Waals surface area (Å²) in [5.41, 5.74) is 5.30. The van der Waals surface area contributed by atoms with Gasteiger partial charge in [-0.3, -0.25) is 0 Å². The quantitative estimate of drug-likeness (QED) is 0.604. The molecule has 0 N–H and O–H groups in total. The van der Waals surface area contributed by atoms with Crippen LogP contribution in [0.15, 0.2) is 60.7 Å². The summed E-state index contributed by atoms with van der Waals surface area (Å²) in [6.07, 6.45) is 9.03. The van der Waals surface area contributed by atoms with Gasteiger partial charge in [0.25, 0.3) is 9.07 Å². The molecule has 0 saturated heterocycles. The summed E-state index contributed by atoms with van der Waals surface area (Å²) in [5, 5.41) is 0. The second-order valence-corrected chi connectivity index (χ2v) is 6.97. The molecule has 2 aliphatic carbocycles. The van der Waals surface area contributed by atoms with E-state index in [1.807, 2.05) is 0 Å². The summed E-state index contributed by atoms with van der Waals surface area (Å²) in [5.74, 6) is 0.562. The van der Waals surface area contributed by atoms with Crippen molar-refractivity contribution in [3.05, 3.63) is 82.9 Å². The zero-order chi connectivity index (χ0) is 14.9. The van der Waals surface area contributed by atoms with Gasteiger partial charge in [0.2, 0.25) is 0 Å². The average molecular weight is 325 g/mol. The number of hydrogen-bond donors (Lipinski definition) is 0. The van der Waals surface area contributed by atoms with Crippen LogP contribution < -0.4 is 0 Å². The van der Waals surface area contributed by atoms with E-state index in [-0.39, 0.29) is 17.9 Å². The summed E-state index contributed by atoms with van der Waals surface area (Å²) in [7, 11) is -0.997. The van der Waals surface area contributed by atoms with Gasteiger partial charge in [0, 0.05) is 11.8 Å². The Morgan fingerprint density at radius 1 is 0.818 bits per heavy atom. The third-order valence-electron chi connectivity index (χ3n) is 4.64. The molecule has 1 nitrogen and oxygen atoms in total. The Bertz CT molecular complexity index is 691. The Balaban J connectivity index is 1.72. The molecule has 2 unspecified atom stereocenters. The largest absolute Gasteiger partial charge is 0.403 e. The average Bonchev–Trinajstić information content (AvgIpc) is 3.17. The van der Waals surface area contributed by atoms with Crippen molar-refractivity contribution in [1.29, 1.82) is 0 Å². The highest BCUT2D eigenvalue weighted by atomic mass is 35.6. The first-order valence-corrected chi connectivity index (χ1v) is 10.3. The molecule has 0 heterocycles. The standard InChI is InChI=1S/C19H17ClOSi/c20-22-21-19(17-11-9-13-5-1-3-7-15(13)17)18-12-10-14-6-2-4-8-16(14)18/h1-12,17-19H,22H2. The molecule has 4 rings (SSSR count). The van der Waals surface area contributed by atoms with Crippen molar-refractivity contribution in [2.45, 2.75) is 17.9 Å². The molecule has 110 valence electrons. The third kappa shape index (κ3) is 2.28. The van der Waals surface area contributed by atoms with E-state index >= 15 is 0 Å². The fourth-order valence-electron chi connectivity index (χ4n) is 3.63. The van der Waals surface area contributed by atoms with Crippen molar-refractivity contribution >= 4 is 32.3 Å². The van der Waals surface area contributed by atoms with Crippen LogP contribution >= 0.6 is 11.1 Å². The molecule has 0 aliphatic heterocycles. The molecular weight excluding hydrogens is 308 g/mol. The third-order valence-corrected chi connectivity index (χ3v) is 5.53. The van der Waals surface area contributed by atoms with E-state index in [0.717, 1.165) is 0 Å². The van der Waals surface area contributed by atoms with Crippen molar-refractivity contribution in [3.63, 3.8) is 0 Å². The molecule has 0 bridgehead atoms. The van der Waals surface area contributed by atoms with E-state index < -0.39 is 9.07 Å². The maximum Gasteiger partial charge on any atom is 0.258 e. The summed E-state index contributed by atoms with van der Waals surface area (Å²) >= 11 is 6.08. The van der Waals surface area contributed by atoms with Gasteiger partial charge in [0.1, 0.15) is 0 Å². The van der Waals surface area contributed by atoms with Crippen LogP contribution in [-0.4, -0.2) is 15.2 Å². The Kier molecular flexibility index (Phi) is 3.74. The van der Waals surface area contributed by atoms with E-state index in [4.69, 9.17) is 15.5 Å². The molecule has 0 spiro atoms. The molecule has 0 radical (unpaired) electrons. The molecule has 3 heteroatoms. The van der Waals surface area contributed by atoms with Gasteiger partial charge in [0.15, 0.2) is 0 Å². The van der Waals surface area contributed by atoms with Crippen molar-refractivity contribution in [2.24, 2.45) is 0 Å². The lowest BCUT2D eigenvalue weighted by Crippen LogP contribution is -2.27. The van der Waals surface area contributed by atoms with Crippen molar-refractivity contribution in [3.8, 4) is 0 Å². The van der Waals surface area contributed by atoms with Crippen LogP contribution in [0.5, 0.6) is 0 Å². The van der Waals surface area contributed by atoms with Crippen LogP contribution in [0.25, 0.3) is 12.2 Å². The minimum absolute atomic E-state index is 0.0870. The molecule has 0 aromatic heterocycles. The van der Waals surface area contributed by atoms with E-state index in [1.54, 1.807) is 0 Å². The monoisotopic (exact) mass is 324 g/mol. The SMILES string of the molecule is Cl[SiH2]OC(C1C=Cc2ccccc21)C1C=Cc2ccccc21. The molecule has 2 aromatic rings. The smallest absolute Gasteiger partial charge is 0.258 e. The maximum absolute atomic E-state index is 6.13. The lowest BCUT2D eigenvalue weighted by molar-refractivity contribution is 0.186. The minimum atomic E-state index is -0.997. The maximum atomic E-state index is 6.13. The second kappa shape index (κ2) is 5.88. The van der Waals surface area contributed by atoms with Gasteiger partial charge in [0.05, 0.1) is 6.10 Å². The highest BCUT2D eigenvalue weighted by Crippen LogP contribution is 2.43. The van der Waals surface area contributed by atoms with Gasteiger partial charge in [-0.25, -0.2) is 0 Å². The molecule has 2 aliphatic rings. The van der Waals surface area contributed by atoms with Gasteiger partial charge in [-0.05, 0) is 22.3 Å². The Morgan fingerprint density at radius 2 is 1.32 bits per heavy atom. The van der Waals surface area contributed by atoms with Gasteiger partial charge in [-0.15, -0.1) is 11.1 Å². The van der Waals surface area contributed by atoms with Gasteiger partial charge in [-0.2, -0.15) is 0 Å². The first-order valence-electron chi connectivity index (χ1n) is 7.60. The van der Waals surface area contributed by atoms with Crippen LogP contribution in [-0.2, 0) is 4.43 Å². The molecule has 2 aromatic carbocycles. The molecule has 0 saturated carbocycles. The van der Waals surface area contributed by atoms with Crippen LogP contribution in [0.1, 0.15) is 34.1 Å². The van der Waals surface area contributed by atoms with Crippen LogP contribution in [0.2, 0.25) is 0 Å². The fraction of sp³-hybridized carbons (Fsp3) is 0.158. The van der Waals surface area contributed by atoms with Crippen molar-refractivity contribution in [2.75, 3.05) is 0 Å². The summed E-state index contributed by atoms with van der Waals surface area (Å²) in [4.78, 5) is 0. The number of halogens is 1. The Morgan fingerprint density at radius 3 is 1.82 bits per heavy atom. The predicted molar refractivity (Wildman–Crippen MR) is 95.7 cm³/mol. The number of fused-ring (bicyclic) bond motifs is 2. The Hall–Kier alpha value is -1.61. The van der Waals surface area contributed by atoms with Gasteiger partial charge in [-0.1, -0.05) is 72.8 Å². The predicted octanol–water partition coefficient (Wildman–Crippen LogP) is 4.23. The van der Waals surface area contributed by atoms with Gasteiger partial charge >= 0.3 is 0 Å². The first-order chi connectivity index (χ1) is 10.9. The highest BCUT2D eigenvalue weighted by molar-refractivity contribution is 6.90. The minimum Gasteiger partial charge on any atom is -0.403 e. The molecular formula is C19H17ClOSi. The van der Waals surface area contributed by atoms with Crippen LogP contribution in [0.4, 0.5) is 0 Å². The van der Waals surface area contributed by atoms with E-state index in [1.165, 1.54) is 22.3 Å². The molecule has 0 amide bonds. The zero-order valence-corrected chi connectivity index (χ0v) is 14.3. The van der Waals surface area contributed by atoms with Crippen molar-refractivity contribution < 1.29 is 4.43 Å². The van der Waals surface area contributed by atoms with E-state index in [0.29, 0.717) is 0 Å². The topological polar surface area (TPSA) is 9.23 Å². The molecule has 22 heavy (non-hydrogen) atoms. The van der Waals surface area contributed by atoms with Gasteiger partial charge < -0.3 is 4.43 Å². The zero-order valence-electron chi connectivity index (χ0n) is 12.2. The van der Waals surface area contributed by atoms with Crippen LogP contribution in [0.3, 0.4) is 0 Å². The summed E-state index contributed by atoms with van der Waals surface area (Å²) in [6, 6.07) is 17.1. The fourth-order valence-corrected chi connectivity index (χ4v) is 4.63. The number of benzene rings is 2. The Labute approximate surface area is 137 Å². The molecule has 2 atom stereocenters. The molecule has 0 fully saturated rings. The second-order valence-electron chi connectivity index (χ2n) is 5.77. The van der Waals surface area contributed by atoms with E-state index in [9.17, 15) is 0 Å². The summed E-state index contributed by atoms with van der Waals surface area (Å²) < 4.78 is 6.13. The number of hydrogen-bond acceptors (Lipinski definition) is 1. The lowest BCUT2D eigenvalue weighted by Gasteiger charge is -2.29. The normalized spacial score (nSPS) is 23.1.